The van der Waals surface area contributed by atoms with Gasteiger partial charge in [-0.05, 0) is 89.1 Å². The van der Waals surface area contributed by atoms with Crippen molar-refractivity contribution in [1.82, 2.24) is 14.5 Å². The predicted molar refractivity (Wildman–Crippen MR) is 221 cm³/mol. The van der Waals surface area contributed by atoms with Gasteiger partial charge in [0.25, 0.3) is 0 Å². The minimum atomic E-state index is -0.821. The van der Waals surface area contributed by atoms with E-state index in [9.17, 15) is 0 Å². The van der Waals surface area contributed by atoms with Crippen molar-refractivity contribution < 1.29 is 9.47 Å². The van der Waals surface area contributed by atoms with Crippen molar-refractivity contribution in [2.75, 3.05) is 4.90 Å². The van der Waals surface area contributed by atoms with Crippen LogP contribution in [0.2, 0.25) is 0 Å². The van der Waals surface area contributed by atoms with E-state index >= 15 is 0 Å². The fraction of sp³-hybridized carbons (Fsp3) is 0.0204. The lowest BCUT2D eigenvalue weighted by Gasteiger charge is -2.40. The summed E-state index contributed by atoms with van der Waals surface area (Å²) in [6.45, 7) is 15.4. The molecule has 3 aromatic heterocycles. The van der Waals surface area contributed by atoms with Crippen LogP contribution in [0.1, 0.15) is 22.3 Å². The van der Waals surface area contributed by atoms with Crippen LogP contribution >= 0.6 is 0 Å². The summed E-state index contributed by atoms with van der Waals surface area (Å²) in [4.78, 5) is 19.9. The number of rotatable bonds is 2. The second-order valence-corrected chi connectivity index (χ2v) is 14.4. The molecule has 5 heterocycles. The van der Waals surface area contributed by atoms with E-state index in [1.54, 1.807) is 0 Å². The maximum absolute atomic E-state index is 7.72. The van der Waals surface area contributed by atoms with Crippen LogP contribution in [-0.2, 0) is 5.41 Å². The minimum absolute atomic E-state index is 0.543. The Morgan fingerprint density at radius 2 is 1.09 bits per heavy atom. The number of para-hydroxylation sites is 5. The third-order valence-corrected chi connectivity index (χ3v) is 11.5. The summed E-state index contributed by atoms with van der Waals surface area (Å²) in [5.41, 5.74) is 11.4. The van der Waals surface area contributed by atoms with Crippen LogP contribution in [0.5, 0.6) is 23.0 Å². The van der Waals surface area contributed by atoms with Crippen molar-refractivity contribution in [3.8, 4) is 40.1 Å². The maximum atomic E-state index is 7.72. The third kappa shape index (κ3) is 4.13. The van der Waals surface area contributed by atoms with Gasteiger partial charge in [0.1, 0.15) is 11.5 Å². The number of hydrogen-bond donors (Lipinski definition) is 0. The van der Waals surface area contributed by atoms with Crippen molar-refractivity contribution in [2.45, 2.75) is 5.41 Å². The summed E-state index contributed by atoms with van der Waals surface area (Å²) in [6.07, 6.45) is 3.74. The van der Waals surface area contributed by atoms with Gasteiger partial charge in [-0.2, -0.15) is 0 Å². The second-order valence-electron chi connectivity index (χ2n) is 14.4. The summed E-state index contributed by atoms with van der Waals surface area (Å²) in [5, 5.41) is 1.81. The quantitative estimate of drug-likeness (QED) is 0.166. The number of aromatic nitrogens is 3. The number of benzene rings is 6. The molecule has 0 N–H and O–H groups in total. The minimum Gasteiger partial charge on any atom is -0.457 e. The van der Waals surface area contributed by atoms with Crippen molar-refractivity contribution in [3.63, 3.8) is 0 Å². The van der Waals surface area contributed by atoms with Gasteiger partial charge in [0, 0.05) is 29.0 Å². The van der Waals surface area contributed by atoms with Gasteiger partial charge in [0.05, 0.1) is 69.9 Å². The smallest absolute Gasteiger partial charge is 0.188 e. The molecule has 1 aliphatic carbocycles. The van der Waals surface area contributed by atoms with Crippen LogP contribution in [-0.4, -0.2) is 14.5 Å². The number of nitrogens with zero attached hydrogens (tertiary/aromatic N) is 6. The van der Waals surface area contributed by atoms with Gasteiger partial charge >= 0.3 is 0 Å². The average molecular weight is 731 g/mol. The summed E-state index contributed by atoms with van der Waals surface area (Å²) in [6, 6.07) is 48.8. The van der Waals surface area contributed by atoms with E-state index in [0.717, 1.165) is 101 Å². The highest BCUT2D eigenvalue weighted by Crippen LogP contribution is 2.62. The molecule has 0 bridgehead atoms. The number of ether oxygens (including phenoxy) is 2. The molecular formula is C49H26N6O2. The van der Waals surface area contributed by atoms with E-state index < -0.39 is 5.41 Å². The topological polar surface area (TPSA) is 61.1 Å². The van der Waals surface area contributed by atoms with Crippen LogP contribution in [0.25, 0.3) is 48.6 Å². The molecule has 6 aromatic carbocycles. The van der Waals surface area contributed by atoms with Gasteiger partial charge in [-0.3, -0.25) is 9.97 Å². The summed E-state index contributed by atoms with van der Waals surface area (Å²) in [5.74, 6) is 3.05. The summed E-state index contributed by atoms with van der Waals surface area (Å²) < 4.78 is 15.4. The van der Waals surface area contributed by atoms with Gasteiger partial charge in [0.15, 0.2) is 22.9 Å². The first kappa shape index (κ1) is 31.2. The lowest BCUT2D eigenvalue weighted by atomic mass is 9.66. The van der Waals surface area contributed by atoms with Crippen LogP contribution in [0, 0.1) is 13.1 Å². The molecule has 1 unspecified atom stereocenters. The Morgan fingerprint density at radius 3 is 1.79 bits per heavy atom. The molecule has 3 aliphatic rings. The first-order chi connectivity index (χ1) is 28.1. The highest BCUT2D eigenvalue weighted by atomic mass is 16.5. The molecule has 0 fully saturated rings. The van der Waals surface area contributed by atoms with E-state index in [0.29, 0.717) is 11.4 Å². The van der Waals surface area contributed by atoms with Crippen molar-refractivity contribution in [2.24, 2.45) is 0 Å². The average Bonchev–Trinajstić information content (AvgIpc) is 3.74. The second kappa shape index (κ2) is 11.4. The number of hydrogen-bond acceptors (Lipinski definition) is 5. The SMILES string of the molecule is [C-]#[N+]c1ccc2c(c1)c1cc([N+]#[C-])ccc1n2-c1cnc2c(c1)C1(c3ccccc3Oc3cc(N4c5ccccc5Oc5ccccc54)ccc31)c1cccnc1-2. The van der Waals surface area contributed by atoms with Crippen LogP contribution in [0.15, 0.2) is 158 Å². The van der Waals surface area contributed by atoms with Crippen molar-refractivity contribution in [1.29, 1.82) is 0 Å². The molecule has 12 rings (SSSR count). The first-order valence-electron chi connectivity index (χ1n) is 18.5. The Hall–Kier alpha value is -8.20. The van der Waals surface area contributed by atoms with Gasteiger partial charge < -0.3 is 18.9 Å². The number of fused-ring (bicyclic) bond motifs is 14. The van der Waals surface area contributed by atoms with Crippen LogP contribution < -0.4 is 14.4 Å². The Kier molecular flexibility index (Phi) is 6.24. The normalized spacial score (nSPS) is 15.3. The molecule has 1 spiro atoms. The zero-order chi connectivity index (χ0) is 37.8. The zero-order valence-corrected chi connectivity index (χ0v) is 30.0. The van der Waals surface area contributed by atoms with E-state index in [2.05, 4.69) is 73.8 Å². The molecule has 0 saturated carbocycles. The van der Waals surface area contributed by atoms with Gasteiger partial charge in [-0.25, -0.2) is 9.69 Å². The van der Waals surface area contributed by atoms with Crippen LogP contribution in [0.4, 0.5) is 28.4 Å². The third-order valence-electron chi connectivity index (χ3n) is 11.5. The summed E-state index contributed by atoms with van der Waals surface area (Å²) in [7, 11) is 0. The Bertz CT molecular complexity index is 3200. The first-order valence-corrected chi connectivity index (χ1v) is 18.5. The van der Waals surface area contributed by atoms with Gasteiger partial charge in [-0.15, -0.1) is 0 Å². The van der Waals surface area contributed by atoms with Crippen LogP contribution in [0.3, 0.4) is 0 Å². The number of pyridine rings is 2. The highest BCUT2D eigenvalue weighted by molar-refractivity contribution is 6.11. The lowest BCUT2D eigenvalue weighted by Crippen LogP contribution is -2.32. The maximum Gasteiger partial charge on any atom is 0.188 e. The fourth-order valence-corrected chi connectivity index (χ4v) is 9.25. The Balaban J connectivity index is 1.13. The fourth-order valence-electron chi connectivity index (χ4n) is 9.25. The van der Waals surface area contributed by atoms with Crippen molar-refractivity contribution >= 4 is 50.2 Å². The highest BCUT2D eigenvalue weighted by Gasteiger charge is 2.52. The standard InChI is InChI=1S/C49H26N6O2/c1-50-29-17-21-39-33(24-29)34-25-30(51-2)18-22-40(34)55(39)32-26-38-48(53-28-32)47-37(11-9-23-52-47)49(38)35-10-3-6-14-43(35)56-46-27-31(19-20-36(46)49)54-41-12-4-7-15-44(41)57-45-16-8-5-13-42(45)54/h3-28H. The molecule has 0 amide bonds. The lowest BCUT2D eigenvalue weighted by molar-refractivity contribution is 0.436. The monoisotopic (exact) mass is 730 g/mol. The molecule has 8 heteroatoms. The van der Waals surface area contributed by atoms with Gasteiger partial charge in [0.2, 0.25) is 0 Å². The zero-order valence-electron chi connectivity index (χ0n) is 30.0. The van der Waals surface area contributed by atoms with E-state index in [-0.39, 0.29) is 0 Å². The molecular weight excluding hydrogens is 705 g/mol. The van der Waals surface area contributed by atoms with E-state index in [1.165, 1.54) is 0 Å². The Labute approximate surface area is 326 Å². The van der Waals surface area contributed by atoms with E-state index in [1.807, 2.05) is 103 Å². The predicted octanol–water partition coefficient (Wildman–Crippen LogP) is 12.7. The molecule has 0 radical (unpaired) electrons. The molecule has 2 aliphatic heterocycles. The van der Waals surface area contributed by atoms with E-state index in [4.69, 9.17) is 32.6 Å². The molecule has 0 saturated heterocycles. The molecule has 9 aromatic rings. The largest absolute Gasteiger partial charge is 0.457 e. The molecule has 57 heavy (non-hydrogen) atoms. The number of anilines is 3. The summed E-state index contributed by atoms with van der Waals surface area (Å²) >= 11 is 0. The van der Waals surface area contributed by atoms with Gasteiger partial charge in [-0.1, -0.05) is 66.7 Å². The molecule has 8 nitrogen and oxygen atoms in total. The molecule has 1 atom stereocenters. The molecule has 264 valence electrons. The van der Waals surface area contributed by atoms with Crippen molar-refractivity contribution in [3.05, 3.63) is 203 Å². The Morgan fingerprint density at radius 1 is 0.491 bits per heavy atom.